The lowest BCUT2D eigenvalue weighted by Crippen LogP contribution is -2.27. The first kappa shape index (κ1) is 14.1. The number of esters is 1. The van der Waals surface area contributed by atoms with Crippen LogP contribution in [0, 0.1) is 0 Å². The lowest BCUT2D eigenvalue weighted by atomic mass is 10.1. The van der Waals surface area contributed by atoms with Crippen LogP contribution in [0.15, 0.2) is 12.7 Å². The fourth-order valence-corrected chi connectivity index (χ4v) is 1.03. The van der Waals surface area contributed by atoms with Crippen LogP contribution >= 0.6 is 0 Å². The van der Waals surface area contributed by atoms with Crippen LogP contribution in [0.4, 0.5) is 0 Å². The van der Waals surface area contributed by atoms with Crippen molar-refractivity contribution < 1.29 is 19.7 Å². The Morgan fingerprint density at radius 3 is 2.40 bits per heavy atom. The highest BCUT2D eigenvalue weighted by molar-refractivity contribution is 5.70. The molecular formula is C11H20O4. The van der Waals surface area contributed by atoms with Gasteiger partial charge in [0.15, 0.2) is 0 Å². The zero-order valence-corrected chi connectivity index (χ0v) is 9.56. The Bertz CT molecular complexity index is 217. The number of carbonyl (C=O) groups excluding carboxylic acids is 1. The SMILES string of the molecule is C=C[C@@H](O)C[C@@H](O)CC(=O)OC(C)(C)C. The van der Waals surface area contributed by atoms with Crippen LogP contribution in [-0.4, -0.2) is 34.0 Å². The fraction of sp³-hybridized carbons (Fsp3) is 0.727. The van der Waals surface area contributed by atoms with Gasteiger partial charge in [-0.15, -0.1) is 6.58 Å². The summed E-state index contributed by atoms with van der Waals surface area (Å²) in [4.78, 5) is 11.2. The van der Waals surface area contributed by atoms with Crippen LogP contribution in [0.3, 0.4) is 0 Å². The second-order valence-corrected chi connectivity index (χ2v) is 4.48. The highest BCUT2D eigenvalue weighted by Crippen LogP contribution is 2.11. The smallest absolute Gasteiger partial charge is 0.308 e. The van der Waals surface area contributed by atoms with Gasteiger partial charge in [0, 0.05) is 6.42 Å². The predicted octanol–water partition coefficient (Wildman–Crippen LogP) is 1.02. The summed E-state index contributed by atoms with van der Waals surface area (Å²) in [7, 11) is 0. The largest absolute Gasteiger partial charge is 0.460 e. The monoisotopic (exact) mass is 216 g/mol. The zero-order valence-electron chi connectivity index (χ0n) is 9.56. The van der Waals surface area contributed by atoms with E-state index in [0.29, 0.717) is 0 Å². The average Bonchev–Trinajstić information content (AvgIpc) is 1.99. The second kappa shape index (κ2) is 5.88. The van der Waals surface area contributed by atoms with Gasteiger partial charge < -0.3 is 14.9 Å². The van der Waals surface area contributed by atoms with Gasteiger partial charge in [-0.2, -0.15) is 0 Å². The number of ether oxygens (including phenoxy) is 1. The van der Waals surface area contributed by atoms with E-state index in [0.717, 1.165) is 0 Å². The van der Waals surface area contributed by atoms with Crippen molar-refractivity contribution >= 4 is 5.97 Å². The number of hydrogen-bond donors (Lipinski definition) is 2. The molecule has 0 radical (unpaired) electrons. The summed E-state index contributed by atoms with van der Waals surface area (Å²) in [6, 6.07) is 0. The summed E-state index contributed by atoms with van der Waals surface area (Å²) >= 11 is 0. The van der Waals surface area contributed by atoms with Crippen LogP contribution in [0.5, 0.6) is 0 Å². The van der Waals surface area contributed by atoms with E-state index in [2.05, 4.69) is 6.58 Å². The molecule has 0 spiro atoms. The van der Waals surface area contributed by atoms with Gasteiger partial charge in [-0.1, -0.05) is 6.08 Å². The molecule has 0 aliphatic rings. The maximum Gasteiger partial charge on any atom is 0.308 e. The van der Waals surface area contributed by atoms with Gasteiger partial charge in [0.05, 0.1) is 18.6 Å². The first-order valence-corrected chi connectivity index (χ1v) is 4.95. The van der Waals surface area contributed by atoms with Crippen molar-refractivity contribution in [1.82, 2.24) is 0 Å². The third kappa shape index (κ3) is 8.15. The molecule has 0 aromatic carbocycles. The number of aliphatic hydroxyl groups is 2. The van der Waals surface area contributed by atoms with Crippen molar-refractivity contribution in [3.05, 3.63) is 12.7 Å². The van der Waals surface area contributed by atoms with E-state index in [-0.39, 0.29) is 12.8 Å². The van der Waals surface area contributed by atoms with Crippen molar-refractivity contribution in [2.75, 3.05) is 0 Å². The number of hydrogen-bond acceptors (Lipinski definition) is 4. The maximum absolute atomic E-state index is 11.2. The molecule has 15 heavy (non-hydrogen) atoms. The Morgan fingerprint density at radius 2 is 2.00 bits per heavy atom. The van der Waals surface area contributed by atoms with E-state index >= 15 is 0 Å². The minimum atomic E-state index is -0.896. The highest BCUT2D eigenvalue weighted by atomic mass is 16.6. The third-order valence-corrected chi connectivity index (χ3v) is 1.61. The number of rotatable bonds is 5. The third-order valence-electron chi connectivity index (χ3n) is 1.61. The van der Waals surface area contributed by atoms with Gasteiger partial charge in [0.2, 0.25) is 0 Å². The Hall–Kier alpha value is -0.870. The molecule has 0 bridgehead atoms. The van der Waals surface area contributed by atoms with Crippen LogP contribution in [-0.2, 0) is 9.53 Å². The van der Waals surface area contributed by atoms with Crippen LogP contribution in [0.25, 0.3) is 0 Å². The molecule has 0 saturated carbocycles. The van der Waals surface area contributed by atoms with Crippen molar-refractivity contribution in [2.24, 2.45) is 0 Å². The molecule has 0 aliphatic carbocycles. The summed E-state index contributed by atoms with van der Waals surface area (Å²) in [6.07, 6.45) is -0.376. The molecule has 0 saturated heterocycles. The Balaban J connectivity index is 3.91. The molecule has 0 unspecified atom stereocenters. The zero-order chi connectivity index (χ0) is 12.1. The summed E-state index contributed by atoms with van der Waals surface area (Å²) in [5.74, 6) is -0.466. The van der Waals surface area contributed by atoms with E-state index < -0.39 is 23.8 Å². The molecule has 4 heteroatoms. The van der Waals surface area contributed by atoms with Crippen LogP contribution < -0.4 is 0 Å². The quantitative estimate of drug-likeness (QED) is 0.532. The molecule has 0 aromatic heterocycles. The Labute approximate surface area is 90.6 Å². The molecule has 88 valence electrons. The van der Waals surface area contributed by atoms with E-state index in [1.165, 1.54) is 6.08 Å². The summed E-state index contributed by atoms with van der Waals surface area (Å²) in [5, 5.41) is 18.6. The van der Waals surface area contributed by atoms with Gasteiger partial charge >= 0.3 is 5.97 Å². The molecule has 0 fully saturated rings. The van der Waals surface area contributed by atoms with Crippen LogP contribution in [0.1, 0.15) is 33.6 Å². The Morgan fingerprint density at radius 1 is 1.47 bits per heavy atom. The molecule has 2 N–H and O–H groups in total. The minimum absolute atomic E-state index is 0.0999. The summed E-state index contributed by atoms with van der Waals surface area (Å²) in [6.45, 7) is 8.65. The normalized spacial score (nSPS) is 15.5. The standard InChI is InChI=1S/C11H20O4/c1-5-8(12)6-9(13)7-10(14)15-11(2,3)4/h5,8-9,12-13H,1,6-7H2,2-4H3/t8-,9-/m1/s1. The lowest BCUT2D eigenvalue weighted by molar-refractivity contribution is -0.157. The van der Waals surface area contributed by atoms with Crippen LogP contribution in [0.2, 0.25) is 0 Å². The Kier molecular flexibility index (Phi) is 5.54. The highest BCUT2D eigenvalue weighted by Gasteiger charge is 2.20. The topological polar surface area (TPSA) is 66.8 Å². The maximum atomic E-state index is 11.2. The van der Waals surface area contributed by atoms with E-state index in [4.69, 9.17) is 9.84 Å². The molecule has 0 rings (SSSR count). The molecule has 0 aliphatic heterocycles. The molecule has 0 amide bonds. The first-order valence-electron chi connectivity index (χ1n) is 4.95. The first-order chi connectivity index (χ1) is 6.74. The van der Waals surface area contributed by atoms with Crippen molar-refractivity contribution in [3.8, 4) is 0 Å². The molecule has 4 nitrogen and oxygen atoms in total. The molecule has 0 aromatic rings. The van der Waals surface area contributed by atoms with E-state index in [1.54, 1.807) is 20.8 Å². The van der Waals surface area contributed by atoms with Gasteiger partial charge in [0.1, 0.15) is 5.60 Å². The van der Waals surface area contributed by atoms with Gasteiger partial charge in [-0.05, 0) is 20.8 Å². The number of aliphatic hydroxyl groups excluding tert-OH is 2. The predicted molar refractivity (Wildman–Crippen MR) is 57.3 cm³/mol. The second-order valence-electron chi connectivity index (χ2n) is 4.48. The molecular weight excluding hydrogens is 196 g/mol. The minimum Gasteiger partial charge on any atom is -0.460 e. The fourth-order valence-electron chi connectivity index (χ4n) is 1.03. The van der Waals surface area contributed by atoms with Gasteiger partial charge in [0.25, 0.3) is 0 Å². The van der Waals surface area contributed by atoms with Crippen molar-refractivity contribution in [2.45, 2.75) is 51.4 Å². The number of carbonyl (C=O) groups is 1. The van der Waals surface area contributed by atoms with Gasteiger partial charge in [-0.3, -0.25) is 4.79 Å². The summed E-state index contributed by atoms with van der Waals surface area (Å²) < 4.78 is 5.02. The van der Waals surface area contributed by atoms with E-state index in [1.807, 2.05) is 0 Å². The van der Waals surface area contributed by atoms with Crippen molar-refractivity contribution in [3.63, 3.8) is 0 Å². The van der Waals surface area contributed by atoms with Gasteiger partial charge in [-0.25, -0.2) is 0 Å². The lowest BCUT2D eigenvalue weighted by Gasteiger charge is -2.20. The van der Waals surface area contributed by atoms with E-state index in [9.17, 15) is 9.90 Å². The average molecular weight is 216 g/mol. The summed E-state index contributed by atoms with van der Waals surface area (Å²) in [5.41, 5.74) is -0.548. The molecule has 2 atom stereocenters. The van der Waals surface area contributed by atoms with Crippen molar-refractivity contribution in [1.29, 1.82) is 0 Å². The molecule has 0 heterocycles.